The Balaban J connectivity index is 1.60. The second kappa shape index (κ2) is 11.1. The van der Waals surface area contributed by atoms with Gasteiger partial charge in [-0.25, -0.2) is 4.99 Å². The first-order valence-corrected chi connectivity index (χ1v) is 13.6. The van der Waals surface area contributed by atoms with E-state index in [0.717, 1.165) is 61.6 Å². The lowest BCUT2D eigenvalue weighted by atomic mass is 9.96. The molecule has 0 saturated heterocycles. The fourth-order valence-corrected chi connectivity index (χ4v) is 5.32. The fourth-order valence-electron chi connectivity index (χ4n) is 5.32. The molecule has 0 radical (unpaired) electrons. The lowest BCUT2D eigenvalue weighted by Crippen LogP contribution is -2.09. The van der Waals surface area contributed by atoms with E-state index in [1.807, 2.05) is 55.5 Å². The monoisotopic (exact) mass is 563 g/mol. The normalized spacial score (nSPS) is 16.1. The van der Waals surface area contributed by atoms with Crippen molar-refractivity contribution < 1.29 is 9.78 Å². The molecule has 0 aromatic carbocycles. The maximum Gasteiger partial charge on any atom is 0.206 e. The maximum atomic E-state index is 5.99. The summed E-state index contributed by atoms with van der Waals surface area (Å²) in [4.78, 5) is 38.0. The van der Waals surface area contributed by atoms with E-state index in [4.69, 9.17) is 20.5 Å². The summed E-state index contributed by atoms with van der Waals surface area (Å²) in [5.41, 5.74) is 16.0. The third kappa shape index (κ3) is 4.68. The van der Waals surface area contributed by atoms with Crippen molar-refractivity contribution in [1.82, 2.24) is 24.9 Å². The fraction of sp³-hybridized carbons (Fsp3) is 0.0294. The van der Waals surface area contributed by atoms with Gasteiger partial charge < -0.3 is 10.7 Å². The van der Waals surface area contributed by atoms with Crippen LogP contribution in [0.4, 0.5) is 0 Å². The first kappa shape index (κ1) is 25.8. The van der Waals surface area contributed by atoms with Gasteiger partial charge in [0.1, 0.15) is 0 Å². The molecule has 208 valence electrons. The number of pyridine rings is 4. The Labute approximate surface area is 247 Å². The van der Waals surface area contributed by atoms with Gasteiger partial charge in [-0.15, -0.1) is 0 Å². The van der Waals surface area contributed by atoms with Crippen LogP contribution >= 0.6 is 0 Å². The number of nitrogens with two attached hydrogens (primary N) is 1. The van der Waals surface area contributed by atoms with Crippen LogP contribution in [0.5, 0.6) is 11.5 Å². The molecular formula is C34H25N7O2. The van der Waals surface area contributed by atoms with Gasteiger partial charge in [0.15, 0.2) is 0 Å². The molecule has 7 heterocycles. The molecule has 2 aliphatic rings. The predicted molar refractivity (Wildman–Crippen MR) is 166 cm³/mol. The Morgan fingerprint density at radius 1 is 0.791 bits per heavy atom. The van der Waals surface area contributed by atoms with Gasteiger partial charge in [0.25, 0.3) is 0 Å². The van der Waals surface area contributed by atoms with E-state index in [0.29, 0.717) is 17.2 Å². The van der Waals surface area contributed by atoms with E-state index in [2.05, 4.69) is 37.1 Å². The molecule has 0 atom stereocenters. The number of nitrogens with zero attached hydrogens (tertiary/aromatic N) is 5. The van der Waals surface area contributed by atoms with Crippen molar-refractivity contribution in [1.29, 1.82) is 0 Å². The molecule has 5 aromatic rings. The largest absolute Gasteiger partial charge is 0.405 e. The molecule has 4 bridgehead atoms. The summed E-state index contributed by atoms with van der Waals surface area (Å²) in [5, 5.41) is 0. The number of aromatic amines is 1. The second-order valence-electron chi connectivity index (χ2n) is 9.74. The number of allylic oxidation sites excluding steroid dienone is 5. The van der Waals surface area contributed by atoms with E-state index in [-0.39, 0.29) is 0 Å². The van der Waals surface area contributed by atoms with Gasteiger partial charge in [-0.2, -0.15) is 0 Å². The molecule has 0 unspecified atom stereocenters. The van der Waals surface area contributed by atoms with Crippen LogP contribution in [0.15, 0.2) is 127 Å². The van der Waals surface area contributed by atoms with Crippen molar-refractivity contribution in [2.24, 2.45) is 10.7 Å². The zero-order chi connectivity index (χ0) is 29.2. The number of H-pyrrole nitrogens is 1. The number of hydrogen-bond donors (Lipinski definition) is 2. The standard InChI is InChI=1S/C34H25N7O2/c1-2-21(3-10-35)26-17-28-32(23-6-13-37-14-7-23)29-18-27(22-4-11-36-12-5-22)34(41-29)25-9-16-39-20-31(25)43-42-30-19-38-15-8-24(30)33(26)40-28/h2-20,40H,35H2,1H3/b10-3-,21-2+,32-29-. The Morgan fingerprint density at radius 3 is 2.09 bits per heavy atom. The van der Waals surface area contributed by atoms with E-state index >= 15 is 0 Å². The van der Waals surface area contributed by atoms with Gasteiger partial charge in [0.2, 0.25) is 11.5 Å². The Kier molecular flexibility index (Phi) is 6.65. The summed E-state index contributed by atoms with van der Waals surface area (Å²) in [6.45, 7) is 1.97. The second-order valence-corrected chi connectivity index (χ2v) is 9.74. The Bertz CT molecular complexity index is 1990. The van der Waals surface area contributed by atoms with Crippen molar-refractivity contribution in [2.45, 2.75) is 6.92 Å². The summed E-state index contributed by atoms with van der Waals surface area (Å²) in [7, 11) is 0. The minimum atomic E-state index is 0.411. The number of nitrogens with one attached hydrogen (secondary N) is 1. The van der Waals surface area contributed by atoms with Gasteiger partial charge in [-0.1, -0.05) is 6.08 Å². The van der Waals surface area contributed by atoms with E-state index in [1.54, 1.807) is 49.6 Å². The molecule has 7 rings (SSSR count). The van der Waals surface area contributed by atoms with Crippen LogP contribution < -0.4 is 15.5 Å². The molecule has 0 fully saturated rings. The third-order valence-electron chi connectivity index (χ3n) is 7.28. The molecule has 0 spiro atoms. The van der Waals surface area contributed by atoms with Gasteiger partial charge in [0, 0.05) is 65.1 Å². The zero-order valence-electron chi connectivity index (χ0n) is 23.1. The van der Waals surface area contributed by atoms with Crippen LogP contribution in [-0.4, -0.2) is 30.6 Å². The van der Waals surface area contributed by atoms with Gasteiger partial charge in [-0.05, 0) is 84.4 Å². The molecule has 3 N–H and O–H groups in total. The predicted octanol–water partition coefficient (Wildman–Crippen LogP) is 6.17. The van der Waals surface area contributed by atoms with Crippen LogP contribution in [0, 0.1) is 0 Å². The van der Waals surface area contributed by atoms with Crippen LogP contribution in [0.1, 0.15) is 34.9 Å². The number of rotatable bonds is 4. The number of aliphatic imine (C=N–C) groups is 1. The highest BCUT2D eigenvalue weighted by molar-refractivity contribution is 6.35. The Morgan fingerprint density at radius 2 is 1.42 bits per heavy atom. The van der Waals surface area contributed by atoms with Crippen LogP contribution in [0.2, 0.25) is 0 Å². The molecule has 5 aromatic heterocycles. The van der Waals surface area contributed by atoms with Gasteiger partial charge in [0.05, 0.1) is 35.1 Å². The number of aromatic nitrogens is 5. The summed E-state index contributed by atoms with van der Waals surface area (Å²) in [6, 6.07) is 13.7. The van der Waals surface area contributed by atoms with E-state index in [1.165, 1.54) is 6.20 Å². The zero-order valence-corrected chi connectivity index (χ0v) is 23.1. The first-order chi connectivity index (χ1) is 21.2. The summed E-state index contributed by atoms with van der Waals surface area (Å²) in [5.74, 6) is 0.835. The molecule has 9 nitrogen and oxygen atoms in total. The SMILES string of the molecule is C/C=C(\C=C/N)c1cc2[nH]c1-c1ccncc1OOc1cnccc1C1=N/C(=C\2c2ccncc2)C=C1c1ccncc1. The molecule has 0 amide bonds. The topological polar surface area (TPSA) is 124 Å². The molecule has 43 heavy (non-hydrogen) atoms. The summed E-state index contributed by atoms with van der Waals surface area (Å²) in [6.07, 6.45) is 21.2. The van der Waals surface area contributed by atoms with E-state index in [9.17, 15) is 0 Å². The highest BCUT2D eigenvalue weighted by Crippen LogP contribution is 2.42. The van der Waals surface area contributed by atoms with Crippen molar-refractivity contribution in [3.63, 3.8) is 0 Å². The minimum Gasteiger partial charge on any atom is -0.405 e. The summed E-state index contributed by atoms with van der Waals surface area (Å²) >= 11 is 0. The van der Waals surface area contributed by atoms with Crippen LogP contribution in [0.25, 0.3) is 28.0 Å². The summed E-state index contributed by atoms with van der Waals surface area (Å²) < 4.78 is 0. The van der Waals surface area contributed by atoms with Gasteiger partial charge >= 0.3 is 0 Å². The van der Waals surface area contributed by atoms with Crippen molar-refractivity contribution in [3.8, 4) is 22.8 Å². The average Bonchev–Trinajstić information content (AvgIpc) is 3.69. The van der Waals surface area contributed by atoms with Crippen molar-refractivity contribution in [2.75, 3.05) is 0 Å². The quantitative estimate of drug-likeness (QED) is 0.198. The smallest absolute Gasteiger partial charge is 0.206 e. The lowest BCUT2D eigenvalue weighted by Gasteiger charge is -2.14. The minimum absolute atomic E-state index is 0.411. The average molecular weight is 564 g/mol. The molecule has 9 heteroatoms. The molecular weight excluding hydrogens is 538 g/mol. The molecule has 0 aliphatic carbocycles. The van der Waals surface area contributed by atoms with Crippen molar-refractivity contribution >= 4 is 22.4 Å². The maximum absolute atomic E-state index is 5.99. The van der Waals surface area contributed by atoms with Gasteiger partial charge in [-0.3, -0.25) is 29.7 Å². The highest BCUT2D eigenvalue weighted by Gasteiger charge is 2.28. The molecule has 0 saturated carbocycles. The Hall–Kier alpha value is -6.09. The first-order valence-electron chi connectivity index (χ1n) is 13.6. The van der Waals surface area contributed by atoms with Crippen molar-refractivity contribution in [3.05, 3.63) is 150 Å². The lowest BCUT2D eigenvalue weighted by molar-refractivity contribution is -0.100. The van der Waals surface area contributed by atoms with E-state index < -0.39 is 0 Å². The van der Waals surface area contributed by atoms with Crippen LogP contribution in [0.3, 0.4) is 0 Å². The highest BCUT2D eigenvalue weighted by atomic mass is 17.2. The molecule has 2 aliphatic heterocycles. The van der Waals surface area contributed by atoms with Crippen LogP contribution in [-0.2, 0) is 0 Å². The number of fused-ring (bicyclic) bond motifs is 7. The third-order valence-corrected chi connectivity index (χ3v) is 7.28. The number of hydrogen-bond acceptors (Lipinski definition) is 8.